The van der Waals surface area contributed by atoms with Crippen LogP contribution in [0.3, 0.4) is 0 Å². The Balaban J connectivity index is 1.26. The Morgan fingerprint density at radius 1 is 0.951 bits per heavy atom. The molecule has 0 bridgehead atoms. The van der Waals surface area contributed by atoms with E-state index in [1.54, 1.807) is 44.2 Å². The molecule has 0 radical (unpaired) electrons. The van der Waals surface area contributed by atoms with Gasteiger partial charge in [-0.3, -0.25) is 9.05 Å². The monoisotopic (exact) mass is 888 g/mol. The number of nitriles is 2. The molecule has 1 unspecified atom stereocenters. The quantitative estimate of drug-likeness (QED) is 0.0456. The second-order valence-electron chi connectivity index (χ2n) is 16.2. The van der Waals surface area contributed by atoms with Gasteiger partial charge in [0.25, 0.3) is 0 Å². The van der Waals surface area contributed by atoms with Crippen molar-refractivity contribution < 1.29 is 42.2 Å². The van der Waals surface area contributed by atoms with E-state index in [2.05, 4.69) is 23.1 Å². The predicted octanol–water partition coefficient (Wildman–Crippen LogP) is 9.94. The number of hydrogen-bond donors (Lipinski definition) is 2. The summed E-state index contributed by atoms with van der Waals surface area (Å²) in [4.78, 5) is 14.9. The number of phosphoric ester groups is 1. The Hall–Kier alpha value is -3.18. The average molecular weight is 889 g/mol. The number of nitrogen functional groups attached to an aromatic ring is 1. The van der Waals surface area contributed by atoms with Crippen LogP contribution in [0.15, 0.2) is 36.7 Å². The highest BCUT2D eigenvalue weighted by Crippen LogP contribution is 2.48. The van der Waals surface area contributed by atoms with Gasteiger partial charge in [-0.1, -0.05) is 121 Å². The van der Waals surface area contributed by atoms with E-state index >= 15 is 0 Å². The third kappa shape index (κ3) is 16.2. The molecule has 3 N–H and O–H groups in total. The van der Waals surface area contributed by atoms with Gasteiger partial charge in [0, 0.05) is 13.7 Å². The summed E-state index contributed by atoms with van der Waals surface area (Å²) in [7, 11) is -3.55. The molecule has 15 nitrogen and oxygen atoms in total. The summed E-state index contributed by atoms with van der Waals surface area (Å²) in [5.41, 5.74) is 6.14. The smallest absolute Gasteiger partial charge is 0.382 e. The Morgan fingerprint density at radius 2 is 1.59 bits per heavy atom. The number of halogens is 1. The minimum atomic E-state index is -4.82. The zero-order valence-electron chi connectivity index (χ0n) is 36.4. The van der Waals surface area contributed by atoms with Crippen molar-refractivity contribution in [2.45, 2.75) is 160 Å². The van der Waals surface area contributed by atoms with Crippen molar-refractivity contribution >= 4 is 30.8 Å². The summed E-state index contributed by atoms with van der Waals surface area (Å²) in [5, 5.41) is 24.3. The molecular formula is C44H66ClN6O9P. The van der Waals surface area contributed by atoms with Crippen molar-refractivity contribution in [1.82, 2.24) is 14.6 Å². The van der Waals surface area contributed by atoms with Crippen LogP contribution in [-0.2, 0) is 43.9 Å². The maximum absolute atomic E-state index is 13.4. The fraction of sp³-hybridized carbons (Fsp3) is 0.682. The molecule has 5 atom stereocenters. The molecule has 0 spiro atoms. The summed E-state index contributed by atoms with van der Waals surface area (Å²) in [6.45, 7) is 5.14. The summed E-state index contributed by atoms with van der Waals surface area (Å²) < 4.78 is 55.9. The van der Waals surface area contributed by atoms with Gasteiger partial charge in [-0.05, 0) is 50.1 Å². The van der Waals surface area contributed by atoms with E-state index in [1.165, 1.54) is 101 Å². The lowest BCUT2D eigenvalue weighted by Crippen LogP contribution is -2.50. The highest BCUT2D eigenvalue weighted by atomic mass is 35.5. The fourth-order valence-electron chi connectivity index (χ4n) is 7.36. The first-order valence-corrected chi connectivity index (χ1v) is 23.6. The van der Waals surface area contributed by atoms with E-state index in [4.69, 9.17) is 50.1 Å². The van der Waals surface area contributed by atoms with E-state index < -0.39 is 44.1 Å². The van der Waals surface area contributed by atoms with E-state index in [0.29, 0.717) is 28.9 Å². The van der Waals surface area contributed by atoms with Crippen LogP contribution >= 0.6 is 19.4 Å². The maximum Gasteiger partial charge on any atom is 0.472 e. The number of unbranched alkanes of at least 4 members (excludes halogenated alkanes) is 15. The lowest BCUT2D eigenvalue weighted by atomic mass is 9.93. The molecule has 338 valence electrons. The van der Waals surface area contributed by atoms with E-state index in [1.807, 2.05) is 6.07 Å². The van der Waals surface area contributed by atoms with Crippen molar-refractivity contribution in [1.29, 1.82) is 10.5 Å². The average Bonchev–Trinajstić information content (AvgIpc) is 3.82. The lowest BCUT2D eigenvalue weighted by Gasteiger charge is -2.33. The molecule has 0 saturated carbocycles. The van der Waals surface area contributed by atoms with Crippen LogP contribution in [0.1, 0.15) is 146 Å². The third-order valence-corrected chi connectivity index (χ3v) is 12.1. The molecule has 1 fully saturated rings. The van der Waals surface area contributed by atoms with Crippen molar-refractivity contribution in [2.75, 3.05) is 39.3 Å². The highest BCUT2D eigenvalue weighted by Gasteiger charge is 2.56. The van der Waals surface area contributed by atoms with Gasteiger partial charge < -0.3 is 34.3 Å². The topological polar surface area (TPSA) is 206 Å². The van der Waals surface area contributed by atoms with Gasteiger partial charge in [-0.15, -0.1) is 0 Å². The SMILES string of the molecule is CCCCCCCCCCCCCCCCCCOC[C@H](COP(=O)(O)OC[C@@](C#N)(OC)[C@H]1OC(C)(C)O[C@H]1c1ccc2c(N)ncnn12)OCc1ccc(C#N)c(Cl)c1. The molecule has 1 aliphatic heterocycles. The number of ether oxygens (including phenoxy) is 5. The molecule has 17 heteroatoms. The number of methoxy groups -OCH3 is 1. The molecule has 0 amide bonds. The van der Waals surface area contributed by atoms with Gasteiger partial charge in [0.1, 0.15) is 48.9 Å². The van der Waals surface area contributed by atoms with E-state index in [0.717, 1.165) is 19.3 Å². The summed E-state index contributed by atoms with van der Waals surface area (Å²) in [5.74, 6) is -0.946. The van der Waals surface area contributed by atoms with E-state index in [9.17, 15) is 20.0 Å². The molecule has 3 heterocycles. The molecule has 0 aliphatic carbocycles. The first kappa shape index (κ1) is 50.5. The zero-order chi connectivity index (χ0) is 44.1. The van der Waals surface area contributed by atoms with Crippen LogP contribution in [0.4, 0.5) is 5.82 Å². The van der Waals surface area contributed by atoms with Crippen LogP contribution in [0.25, 0.3) is 5.52 Å². The molecule has 3 aromatic rings. The molecule has 1 saturated heterocycles. The number of anilines is 1. The lowest BCUT2D eigenvalue weighted by molar-refractivity contribution is -0.171. The number of aromatic nitrogens is 3. The highest BCUT2D eigenvalue weighted by molar-refractivity contribution is 7.47. The number of fused-ring (bicyclic) bond motifs is 1. The maximum atomic E-state index is 13.4. The number of phosphoric acid groups is 1. The molecule has 61 heavy (non-hydrogen) atoms. The first-order valence-electron chi connectivity index (χ1n) is 21.8. The van der Waals surface area contributed by atoms with Gasteiger partial charge >= 0.3 is 7.82 Å². The molecular weight excluding hydrogens is 823 g/mol. The Kier molecular flexibility index (Phi) is 21.4. The molecule has 1 aliphatic rings. The summed E-state index contributed by atoms with van der Waals surface area (Å²) in [6.07, 6.45) is 18.8. The molecule has 4 rings (SSSR count). The molecule has 1 aromatic carbocycles. The second kappa shape index (κ2) is 25.8. The molecule has 2 aromatic heterocycles. The van der Waals surface area contributed by atoms with Crippen molar-refractivity contribution in [3.05, 3.63) is 58.5 Å². The van der Waals surface area contributed by atoms with Gasteiger partial charge in [0.05, 0.1) is 36.1 Å². The van der Waals surface area contributed by atoms with Crippen LogP contribution < -0.4 is 5.73 Å². The van der Waals surface area contributed by atoms with Gasteiger partial charge in [0.15, 0.2) is 11.6 Å². The largest absolute Gasteiger partial charge is 0.472 e. The standard InChI is InChI=1S/C44H66ClN6O9P/c1-5-6-7-8-9-10-11-12-13-14-15-16-17-18-19-20-25-55-29-36(56-28-34-21-22-35(27-46)37(45)26-34)30-57-61(52,53)58-32-44(31-47,54-4)41-40(59-43(2,3)60-41)38-23-24-39-42(48)49-33-50-51(38)39/h21-24,26,33,36,40-41H,5-20,25,28-30,32H2,1-4H3,(H,52,53)(H2,48,49,50)/t36-,40+,41+,44-/m1/s1. The third-order valence-electron chi connectivity index (χ3n) is 10.9. The Labute approximate surface area is 366 Å². The van der Waals surface area contributed by atoms with Crippen LogP contribution in [0.2, 0.25) is 5.02 Å². The van der Waals surface area contributed by atoms with Crippen LogP contribution in [0, 0.1) is 22.7 Å². The second-order valence-corrected chi connectivity index (χ2v) is 18.0. The normalized spacial score (nSPS) is 18.7. The van der Waals surface area contributed by atoms with Crippen LogP contribution in [-0.4, -0.2) is 76.6 Å². The number of nitrogens with two attached hydrogens (primary N) is 1. The number of hydrogen-bond acceptors (Lipinski definition) is 13. The van der Waals surface area contributed by atoms with Gasteiger partial charge in [-0.25, -0.2) is 14.1 Å². The fourth-order valence-corrected chi connectivity index (χ4v) is 8.39. The summed E-state index contributed by atoms with van der Waals surface area (Å²) >= 11 is 6.24. The minimum Gasteiger partial charge on any atom is -0.382 e. The number of benzene rings is 1. The summed E-state index contributed by atoms with van der Waals surface area (Å²) in [6, 6.07) is 12.5. The zero-order valence-corrected chi connectivity index (χ0v) is 38.0. The van der Waals surface area contributed by atoms with Crippen LogP contribution in [0.5, 0.6) is 0 Å². The van der Waals surface area contributed by atoms with Crippen molar-refractivity contribution in [3.8, 4) is 12.1 Å². The Morgan fingerprint density at radius 3 is 2.18 bits per heavy atom. The number of nitrogens with zero attached hydrogens (tertiary/aromatic N) is 5. The van der Waals surface area contributed by atoms with Crippen molar-refractivity contribution in [2.24, 2.45) is 0 Å². The number of rotatable bonds is 31. The predicted molar refractivity (Wildman–Crippen MR) is 232 cm³/mol. The van der Waals surface area contributed by atoms with Gasteiger partial charge in [0.2, 0.25) is 5.60 Å². The Bertz CT molecular complexity index is 1900. The minimum absolute atomic E-state index is 0.0703. The first-order chi connectivity index (χ1) is 29.4. The van der Waals surface area contributed by atoms with E-state index in [-0.39, 0.29) is 30.7 Å². The van der Waals surface area contributed by atoms with Gasteiger partial charge in [-0.2, -0.15) is 15.6 Å². The van der Waals surface area contributed by atoms with Crippen molar-refractivity contribution in [3.63, 3.8) is 0 Å².